The summed E-state index contributed by atoms with van der Waals surface area (Å²) in [6.07, 6.45) is 0. The lowest BCUT2D eigenvalue weighted by molar-refractivity contribution is 0.171. The van der Waals surface area contributed by atoms with Crippen molar-refractivity contribution >= 4 is 38.9 Å². The third-order valence-corrected chi connectivity index (χ3v) is 5.52. The van der Waals surface area contributed by atoms with Crippen LogP contribution in [0.15, 0.2) is 17.0 Å². The van der Waals surface area contributed by atoms with E-state index in [0.717, 1.165) is 0 Å². The van der Waals surface area contributed by atoms with Gasteiger partial charge in [-0.15, -0.1) is 0 Å². The number of anilines is 1. The lowest BCUT2D eigenvalue weighted by Crippen LogP contribution is -2.39. The summed E-state index contributed by atoms with van der Waals surface area (Å²) in [6.45, 7) is 4.04. The van der Waals surface area contributed by atoms with Gasteiger partial charge in [0, 0.05) is 24.7 Å². The van der Waals surface area contributed by atoms with Crippen molar-refractivity contribution in [2.45, 2.75) is 24.8 Å². The lowest BCUT2D eigenvalue weighted by Gasteiger charge is -2.26. The van der Waals surface area contributed by atoms with Gasteiger partial charge in [-0.05, 0) is 26.0 Å². The van der Waals surface area contributed by atoms with Crippen molar-refractivity contribution in [3.63, 3.8) is 0 Å². The summed E-state index contributed by atoms with van der Waals surface area (Å²) in [5, 5.41) is 0.303. The Hall–Kier alpha value is -0.530. The molecule has 0 aliphatic carbocycles. The van der Waals surface area contributed by atoms with Gasteiger partial charge in [-0.25, -0.2) is 8.42 Å². The number of benzene rings is 1. The molecule has 5 nitrogen and oxygen atoms in total. The highest BCUT2D eigenvalue weighted by Crippen LogP contribution is 2.33. The standard InChI is InChI=1S/C12H18Cl2N2O3S/c1-8(2)16(4-5-19-3)20(17,18)12-10(14)6-9(13)7-11(12)15/h6-8H,4-5,15H2,1-3H3. The summed E-state index contributed by atoms with van der Waals surface area (Å²) >= 11 is 11.8. The summed E-state index contributed by atoms with van der Waals surface area (Å²) in [5.74, 6) is 0. The SMILES string of the molecule is COCCN(C(C)C)S(=O)(=O)c1c(N)cc(Cl)cc1Cl. The Bertz CT molecular complexity index is 553. The zero-order chi connectivity index (χ0) is 15.5. The van der Waals surface area contributed by atoms with Crippen LogP contribution < -0.4 is 5.73 Å². The van der Waals surface area contributed by atoms with Crippen LogP contribution >= 0.6 is 23.2 Å². The van der Waals surface area contributed by atoms with Crippen molar-refractivity contribution in [2.24, 2.45) is 0 Å². The van der Waals surface area contributed by atoms with Gasteiger partial charge >= 0.3 is 0 Å². The number of hydrogen-bond acceptors (Lipinski definition) is 4. The van der Waals surface area contributed by atoms with Crippen LogP contribution in [0.5, 0.6) is 0 Å². The highest BCUT2D eigenvalue weighted by Gasteiger charge is 2.30. The fourth-order valence-corrected chi connectivity index (χ4v) is 4.38. The van der Waals surface area contributed by atoms with E-state index in [1.54, 1.807) is 13.8 Å². The number of methoxy groups -OCH3 is 1. The van der Waals surface area contributed by atoms with E-state index in [1.165, 1.54) is 23.5 Å². The average Bonchev–Trinajstić information content (AvgIpc) is 2.26. The summed E-state index contributed by atoms with van der Waals surface area (Å²) in [6, 6.07) is 2.48. The molecule has 0 unspecified atom stereocenters. The van der Waals surface area contributed by atoms with Crippen molar-refractivity contribution in [2.75, 3.05) is 26.0 Å². The molecule has 0 aromatic heterocycles. The minimum absolute atomic E-state index is 0.0121. The second kappa shape index (κ2) is 6.95. The van der Waals surface area contributed by atoms with E-state index in [2.05, 4.69) is 0 Å². The molecule has 20 heavy (non-hydrogen) atoms. The maximum Gasteiger partial charge on any atom is 0.246 e. The molecular formula is C12H18Cl2N2O3S. The molecule has 2 N–H and O–H groups in total. The van der Waals surface area contributed by atoms with Gasteiger partial charge in [0.2, 0.25) is 10.0 Å². The first-order valence-electron chi connectivity index (χ1n) is 5.97. The maximum atomic E-state index is 12.7. The zero-order valence-electron chi connectivity index (χ0n) is 11.6. The van der Waals surface area contributed by atoms with Crippen LogP contribution in [0.1, 0.15) is 13.8 Å². The molecule has 0 heterocycles. The van der Waals surface area contributed by atoms with Gasteiger partial charge in [-0.1, -0.05) is 23.2 Å². The Balaban J connectivity index is 3.34. The molecule has 114 valence electrons. The zero-order valence-corrected chi connectivity index (χ0v) is 13.9. The molecule has 0 aliphatic rings. The molecule has 0 saturated heterocycles. The Morgan fingerprint density at radius 2 is 1.95 bits per heavy atom. The van der Waals surface area contributed by atoms with Crippen molar-refractivity contribution in [1.29, 1.82) is 0 Å². The minimum atomic E-state index is -3.81. The van der Waals surface area contributed by atoms with E-state index in [4.69, 9.17) is 33.7 Å². The molecule has 8 heteroatoms. The molecular weight excluding hydrogens is 323 g/mol. The van der Waals surface area contributed by atoms with Gasteiger partial charge in [0.1, 0.15) is 4.90 Å². The van der Waals surface area contributed by atoms with Crippen molar-refractivity contribution in [1.82, 2.24) is 4.31 Å². The summed E-state index contributed by atoms with van der Waals surface area (Å²) in [7, 11) is -2.30. The van der Waals surface area contributed by atoms with Crippen LogP contribution in [0.2, 0.25) is 10.0 Å². The first-order valence-corrected chi connectivity index (χ1v) is 8.16. The summed E-state index contributed by atoms with van der Waals surface area (Å²) < 4.78 is 31.6. The normalized spacial score (nSPS) is 12.3. The van der Waals surface area contributed by atoms with Gasteiger partial charge in [0.05, 0.1) is 17.3 Å². The largest absolute Gasteiger partial charge is 0.398 e. The van der Waals surface area contributed by atoms with Crippen LogP contribution in [0.4, 0.5) is 5.69 Å². The van der Waals surface area contributed by atoms with E-state index >= 15 is 0 Å². The van der Waals surface area contributed by atoms with Crippen molar-refractivity contribution in [3.05, 3.63) is 22.2 Å². The number of nitrogens with two attached hydrogens (primary N) is 1. The molecule has 0 aliphatic heterocycles. The molecule has 0 amide bonds. The number of nitrogens with zero attached hydrogens (tertiary/aromatic N) is 1. The Morgan fingerprint density at radius 3 is 2.40 bits per heavy atom. The van der Waals surface area contributed by atoms with Crippen LogP contribution in [-0.2, 0) is 14.8 Å². The van der Waals surface area contributed by atoms with Gasteiger partial charge in [-0.3, -0.25) is 0 Å². The molecule has 0 atom stereocenters. The van der Waals surface area contributed by atoms with Gasteiger partial charge in [0.15, 0.2) is 0 Å². The van der Waals surface area contributed by atoms with Gasteiger partial charge in [-0.2, -0.15) is 4.31 Å². The molecule has 1 aromatic rings. The van der Waals surface area contributed by atoms with Crippen molar-refractivity contribution in [3.8, 4) is 0 Å². The van der Waals surface area contributed by atoms with Crippen molar-refractivity contribution < 1.29 is 13.2 Å². The number of sulfonamides is 1. The van der Waals surface area contributed by atoms with Gasteiger partial charge < -0.3 is 10.5 Å². The number of nitrogen functional groups attached to an aromatic ring is 1. The molecule has 1 aromatic carbocycles. The molecule has 0 radical (unpaired) electrons. The number of hydrogen-bond donors (Lipinski definition) is 1. The molecule has 0 spiro atoms. The predicted molar refractivity (Wildman–Crippen MR) is 81.8 cm³/mol. The highest BCUT2D eigenvalue weighted by molar-refractivity contribution is 7.89. The second-order valence-electron chi connectivity index (χ2n) is 4.51. The number of halogens is 2. The molecule has 1 rings (SSSR count). The molecule has 0 fully saturated rings. The highest BCUT2D eigenvalue weighted by atomic mass is 35.5. The Labute approximate surface area is 129 Å². The minimum Gasteiger partial charge on any atom is -0.398 e. The lowest BCUT2D eigenvalue weighted by atomic mass is 10.3. The van der Waals surface area contributed by atoms with Gasteiger partial charge in [0.25, 0.3) is 0 Å². The van der Waals surface area contributed by atoms with E-state index in [9.17, 15) is 8.42 Å². The molecule has 0 bridgehead atoms. The first-order chi connectivity index (χ1) is 9.21. The smallest absolute Gasteiger partial charge is 0.246 e. The summed E-state index contributed by atoms with van der Waals surface area (Å²) in [4.78, 5) is -0.117. The first kappa shape index (κ1) is 17.5. The number of rotatable bonds is 6. The molecule has 0 saturated carbocycles. The average molecular weight is 341 g/mol. The Kier molecular flexibility index (Phi) is 6.09. The monoisotopic (exact) mass is 340 g/mol. The van der Waals surface area contributed by atoms with E-state index in [1.807, 2.05) is 0 Å². The maximum absolute atomic E-state index is 12.7. The van der Waals surface area contributed by atoms with E-state index < -0.39 is 10.0 Å². The van der Waals surface area contributed by atoms with Crippen LogP contribution in [-0.4, -0.2) is 39.0 Å². The third-order valence-electron chi connectivity index (χ3n) is 2.70. The topological polar surface area (TPSA) is 72.6 Å². The van der Waals surface area contributed by atoms with E-state index in [-0.39, 0.29) is 34.8 Å². The Morgan fingerprint density at radius 1 is 1.35 bits per heavy atom. The van der Waals surface area contributed by atoms with Crippen LogP contribution in [0.3, 0.4) is 0 Å². The second-order valence-corrected chi connectivity index (χ2v) is 7.18. The van der Waals surface area contributed by atoms with Crippen LogP contribution in [0, 0.1) is 0 Å². The van der Waals surface area contributed by atoms with Crippen LogP contribution in [0.25, 0.3) is 0 Å². The summed E-state index contributed by atoms with van der Waals surface area (Å²) in [5.41, 5.74) is 5.80. The fourth-order valence-electron chi connectivity index (χ4n) is 1.81. The number of ether oxygens (including phenoxy) is 1. The quantitative estimate of drug-likeness (QED) is 0.808. The predicted octanol–water partition coefficient (Wildman–Crippen LogP) is 2.62. The third kappa shape index (κ3) is 3.77. The fraction of sp³-hybridized carbons (Fsp3) is 0.500. The van der Waals surface area contributed by atoms with E-state index in [0.29, 0.717) is 5.02 Å².